The van der Waals surface area contributed by atoms with Gasteiger partial charge in [-0.25, -0.2) is 13.8 Å². The van der Waals surface area contributed by atoms with Crippen LogP contribution in [0.3, 0.4) is 0 Å². The van der Waals surface area contributed by atoms with E-state index in [2.05, 4.69) is 10.5 Å². The van der Waals surface area contributed by atoms with Gasteiger partial charge < -0.3 is 18.4 Å². The number of nitrogens with zero attached hydrogens (tertiary/aromatic N) is 1. The average Bonchev–Trinajstić information content (AvgIpc) is 3.14. The third-order valence-electron chi connectivity index (χ3n) is 2.84. The molecule has 3 rings (SSSR count). The Balaban J connectivity index is 0.00000208. The Labute approximate surface area is 158 Å². The van der Waals surface area contributed by atoms with Crippen molar-refractivity contribution in [3.8, 4) is 11.5 Å². The number of hydrogen-bond acceptors (Lipinski definition) is 8. The van der Waals surface area contributed by atoms with Gasteiger partial charge in [-0.1, -0.05) is 0 Å². The molecule has 0 bridgehead atoms. The molecule has 1 amide bonds. The minimum absolute atomic E-state index is 0. The molecule has 0 atom stereocenters. The van der Waals surface area contributed by atoms with E-state index in [1.54, 1.807) is 6.07 Å². The predicted octanol–water partition coefficient (Wildman–Crippen LogP) is -2.32. The molecule has 0 saturated heterocycles. The van der Waals surface area contributed by atoms with Crippen molar-refractivity contribution in [2.24, 2.45) is 5.10 Å². The van der Waals surface area contributed by atoms with Crippen molar-refractivity contribution in [2.45, 2.75) is 5.09 Å². The van der Waals surface area contributed by atoms with Gasteiger partial charge in [-0.15, -0.1) is 0 Å². The molecule has 0 spiro atoms. The second kappa shape index (κ2) is 7.36. The van der Waals surface area contributed by atoms with Crippen molar-refractivity contribution in [2.75, 3.05) is 6.79 Å². The zero-order chi connectivity index (χ0) is 16.4. The maximum absolute atomic E-state index is 11.9. The third kappa shape index (κ3) is 4.16. The average molecular weight is 360 g/mol. The van der Waals surface area contributed by atoms with Gasteiger partial charge in [0.25, 0.3) is 5.91 Å². The van der Waals surface area contributed by atoms with E-state index >= 15 is 0 Å². The van der Waals surface area contributed by atoms with Crippen molar-refractivity contribution >= 4 is 22.2 Å². The van der Waals surface area contributed by atoms with Gasteiger partial charge in [-0.2, -0.15) is 5.10 Å². The molecular weight excluding hydrogens is 351 g/mol. The van der Waals surface area contributed by atoms with Crippen LogP contribution < -0.4 is 44.5 Å². The summed E-state index contributed by atoms with van der Waals surface area (Å²) in [6.45, 7) is 0.0992. The fourth-order valence-corrected chi connectivity index (χ4v) is 2.23. The summed E-state index contributed by atoms with van der Waals surface area (Å²) in [6, 6.07) is 6.87. The molecule has 1 aromatic heterocycles. The summed E-state index contributed by atoms with van der Waals surface area (Å²) in [5.74, 6) is 0.498. The van der Waals surface area contributed by atoms with Gasteiger partial charge in [0.15, 0.2) is 21.6 Å². The van der Waals surface area contributed by atoms with Crippen molar-refractivity contribution in [1.82, 2.24) is 5.43 Å². The number of carbonyl (C=O) groups excluding carboxylic acids is 1. The number of benzene rings is 1. The van der Waals surface area contributed by atoms with Crippen LogP contribution in [0.2, 0.25) is 0 Å². The van der Waals surface area contributed by atoms with Gasteiger partial charge in [0.2, 0.25) is 11.9 Å². The Bertz CT molecular complexity index is 891. The van der Waals surface area contributed by atoms with Gasteiger partial charge in [0.1, 0.15) is 5.76 Å². The molecule has 0 unspecified atom stereocenters. The number of amides is 1. The zero-order valence-electron chi connectivity index (χ0n) is 12.4. The van der Waals surface area contributed by atoms with Crippen LogP contribution in [0, 0.1) is 0 Å². The summed E-state index contributed by atoms with van der Waals surface area (Å²) in [7, 11) is -4.66. The normalized spacial score (nSPS) is 12.9. The molecular formula is C13H9N2NaO7S. The molecule has 0 saturated carbocycles. The number of carbonyl (C=O) groups is 1. The van der Waals surface area contributed by atoms with Crippen LogP contribution in [0.5, 0.6) is 11.5 Å². The molecule has 1 N–H and O–H groups in total. The topological polar surface area (TPSA) is 130 Å². The number of rotatable bonds is 4. The minimum atomic E-state index is -4.66. The van der Waals surface area contributed by atoms with E-state index < -0.39 is 21.1 Å². The first-order valence-corrected chi connectivity index (χ1v) is 7.63. The standard InChI is InChI=1S/C13H10N2O7S.Na/c16-13(8-1-3-10-11(5-8)21-7-20-10)15-14-6-9-2-4-12(22-9)23(17,18)19;/h1-6H,7H2,(H,15,16)(H,17,18,19);/q;+1/p-1. The maximum atomic E-state index is 11.9. The molecule has 1 aliphatic rings. The smallest absolute Gasteiger partial charge is 0.742 e. The van der Waals surface area contributed by atoms with E-state index in [0.29, 0.717) is 17.1 Å². The largest absolute Gasteiger partial charge is 1.00 e. The first kappa shape index (κ1) is 18.5. The van der Waals surface area contributed by atoms with Crippen LogP contribution in [-0.4, -0.2) is 31.9 Å². The summed E-state index contributed by atoms with van der Waals surface area (Å²) in [4.78, 5) is 11.9. The number of hydrazone groups is 1. The predicted molar refractivity (Wildman–Crippen MR) is 74.3 cm³/mol. The van der Waals surface area contributed by atoms with Gasteiger partial charge in [-0.05, 0) is 30.3 Å². The molecule has 9 nitrogen and oxygen atoms in total. The maximum Gasteiger partial charge on any atom is 1.00 e. The fourth-order valence-electron chi connectivity index (χ4n) is 1.79. The summed E-state index contributed by atoms with van der Waals surface area (Å²) >= 11 is 0. The fraction of sp³-hybridized carbons (Fsp3) is 0.0769. The van der Waals surface area contributed by atoms with Crippen LogP contribution in [0.4, 0.5) is 0 Å². The molecule has 2 aromatic rings. The van der Waals surface area contributed by atoms with E-state index in [-0.39, 0.29) is 42.1 Å². The minimum Gasteiger partial charge on any atom is -0.742 e. The number of hydrogen-bond donors (Lipinski definition) is 1. The Morgan fingerprint density at radius 2 is 1.96 bits per heavy atom. The van der Waals surface area contributed by atoms with Gasteiger partial charge in [0.05, 0.1) is 6.21 Å². The van der Waals surface area contributed by atoms with Crippen molar-refractivity contribution in [3.05, 3.63) is 41.7 Å². The van der Waals surface area contributed by atoms with E-state index in [4.69, 9.17) is 13.9 Å². The van der Waals surface area contributed by atoms with Crippen molar-refractivity contribution < 1.29 is 61.2 Å². The summed E-state index contributed by atoms with van der Waals surface area (Å²) in [5, 5.41) is 2.90. The molecule has 0 radical (unpaired) electrons. The zero-order valence-corrected chi connectivity index (χ0v) is 15.2. The molecule has 11 heteroatoms. The van der Waals surface area contributed by atoms with Crippen LogP contribution in [-0.2, 0) is 10.1 Å². The molecule has 0 aliphatic carbocycles. The van der Waals surface area contributed by atoms with Crippen molar-refractivity contribution in [3.63, 3.8) is 0 Å². The number of furan rings is 1. The summed E-state index contributed by atoms with van der Waals surface area (Å²) < 4.78 is 47.2. The molecule has 120 valence electrons. The van der Waals surface area contributed by atoms with Crippen LogP contribution in [0.15, 0.2) is 44.9 Å². The van der Waals surface area contributed by atoms with E-state index in [1.165, 1.54) is 18.2 Å². The molecule has 24 heavy (non-hydrogen) atoms. The Morgan fingerprint density at radius 3 is 2.67 bits per heavy atom. The van der Waals surface area contributed by atoms with E-state index in [0.717, 1.165) is 12.3 Å². The number of nitrogens with one attached hydrogen (secondary N) is 1. The van der Waals surface area contributed by atoms with E-state index in [9.17, 15) is 17.8 Å². The molecule has 0 fully saturated rings. The Hall–Kier alpha value is -1.85. The molecule has 2 heterocycles. The quantitative estimate of drug-likeness (QED) is 0.280. The van der Waals surface area contributed by atoms with Gasteiger partial charge in [0, 0.05) is 5.56 Å². The van der Waals surface area contributed by atoms with Gasteiger partial charge >= 0.3 is 29.6 Å². The third-order valence-corrected chi connectivity index (χ3v) is 3.55. The monoisotopic (exact) mass is 360 g/mol. The summed E-state index contributed by atoms with van der Waals surface area (Å²) in [6.07, 6.45) is 1.07. The Kier molecular flexibility index (Phi) is 5.67. The molecule has 1 aromatic carbocycles. The number of ether oxygens (including phenoxy) is 2. The number of fused-ring (bicyclic) bond motifs is 1. The SMILES string of the molecule is O=C(NN=Cc1ccc(S(=O)(=O)[O-])o1)c1ccc2c(c1)OCO2.[Na+]. The van der Waals surface area contributed by atoms with E-state index in [1.807, 2.05) is 0 Å². The first-order valence-electron chi connectivity index (χ1n) is 6.22. The molecule has 1 aliphatic heterocycles. The van der Waals surface area contributed by atoms with Crippen molar-refractivity contribution in [1.29, 1.82) is 0 Å². The first-order chi connectivity index (χ1) is 10.9. The van der Waals surface area contributed by atoms with Crippen LogP contribution in [0.1, 0.15) is 16.1 Å². The second-order valence-corrected chi connectivity index (χ2v) is 5.69. The second-order valence-electron chi connectivity index (χ2n) is 4.38. The van der Waals surface area contributed by atoms with Gasteiger partial charge in [-0.3, -0.25) is 4.79 Å². The Morgan fingerprint density at radius 1 is 1.21 bits per heavy atom. The summed E-state index contributed by atoms with van der Waals surface area (Å²) in [5.41, 5.74) is 2.53. The van der Waals surface area contributed by atoms with Crippen LogP contribution in [0.25, 0.3) is 0 Å². The van der Waals surface area contributed by atoms with Crippen LogP contribution >= 0.6 is 0 Å².